The Morgan fingerprint density at radius 2 is 2.50 bits per heavy atom. The number of halogens is 1. The van der Waals surface area contributed by atoms with Crippen molar-refractivity contribution in [3.8, 4) is 0 Å². The quantitative estimate of drug-likeness (QED) is 0.904. The molecule has 0 aromatic carbocycles. The van der Waals surface area contributed by atoms with Gasteiger partial charge in [0.15, 0.2) is 0 Å². The maximum absolute atomic E-state index is 10.5. The van der Waals surface area contributed by atoms with Crippen LogP contribution in [-0.2, 0) is 10.5 Å². The number of hydrogen-bond acceptors (Lipinski definition) is 3. The largest absolute Gasteiger partial charge is 0.481 e. The van der Waals surface area contributed by atoms with E-state index in [9.17, 15) is 4.79 Å². The van der Waals surface area contributed by atoms with Crippen molar-refractivity contribution in [2.24, 2.45) is 5.92 Å². The molecule has 14 heavy (non-hydrogen) atoms. The van der Waals surface area contributed by atoms with Gasteiger partial charge in [0.05, 0.1) is 9.70 Å². The highest BCUT2D eigenvalue weighted by Gasteiger charge is 2.10. The fourth-order valence-corrected chi connectivity index (χ4v) is 3.18. The van der Waals surface area contributed by atoms with Gasteiger partial charge in [-0.05, 0) is 32.9 Å². The molecule has 78 valence electrons. The second-order valence-electron chi connectivity index (χ2n) is 3.01. The summed E-state index contributed by atoms with van der Waals surface area (Å²) in [4.78, 5) is 10.5. The SMILES string of the molecule is CC(CSCc1csc(Br)c1)C(=O)O. The Balaban J connectivity index is 2.25. The predicted molar refractivity (Wildman–Crippen MR) is 65.0 cm³/mol. The predicted octanol–water partition coefficient (Wildman–Crippen LogP) is 3.46. The number of carbonyl (C=O) groups is 1. The first-order chi connectivity index (χ1) is 6.59. The lowest BCUT2D eigenvalue weighted by Crippen LogP contribution is -2.11. The van der Waals surface area contributed by atoms with Gasteiger partial charge < -0.3 is 5.11 Å². The maximum Gasteiger partial charge on any atom is 0.307 e. The summed E-state index contributed by atoms with van der Waals surface area (Å²) in [5.41, 5.74) is 1.25. The Morgan fingerprint density at radius 1 is 1.79 bits per heavy atom. The molecule has 0 saturated carbocycles. The molecular weight excluding hydrogens is 284 g/mol. The second kappa shape index (κ2) is 5.78. The van der Waals surface area contributed by atoms with Crippen molar-refractivity contribution in [1.29, 1.82) is 0 Å². The maximum atomic E-state index is 10.5. The lowest BCUT2D eigenvalue weighted by Gasteiger charge is -2.04. The summed E-state index contributed by atoms with van der Waals surface area (Å²) in [6.45, 7) is 1.73. The van der Waals surface area contributed by atoms with Gasteiger partial charge in [-0.15, -0.1) is 11.3 Å². The van der Waals surface area contributed by atoms with Crippen molar-refractivity contribution >= 4 is 45.0 Å². The summed E-state index contributed by atoms with van der Waals surface area (Å²) in [5.74, 6) is 0.578. The topological polar surface area (TPSA) is 37.3 Å². The zero-order valence-corrected chi connectivity index (χ0v) is 10.9. The van der Waals surface area contributed by atoms with Crippen LogP contribution in [0, 0.1) is 5.92 Å². The number of rotatable bonds is 5. The Hall–Kier alpha value is -0.000000000000000111. The smallest absolute Gasteiger partial charge is 0.307 e. The van der Waals surface area contributed by atoms with E-state index in [2.05, 4.69) is 27.4 Å². The molecule has 1 aromatic rings. The van der Waals surface area contributed by atoms with Crippen molar-refractivity contribution in [2.45, 2.75) is 12.7 Å². The molecule has 1 rings (SSSR count). The van der Waals surface area contributed by atoms with E-state index in [4.69, 9.17) is 5.11 Å². The zero-order chi connectivity index (χ0) is 10.6. The van der Waals surface area contributed by atoms with Crippen LogP contribution in [0.4, 0.5) is 0 Å². The number of carboxylic acids is 1. The minimum absolute atomic E-state index is 0.262. The molecule has 0 amide bonds. The Kier molecular flexibility index (Phi) is 4.98. The molecule has 1 atom stereocenters. The molecule has 1 aromatic heterocycles. The molecular formula is C9H11BrO2S2. The van der Waals surface area contributed by atoms with E-state index in [1.54, 1.807) is 30.0 Å². The van der Waals surface area contributed by atoms with Gasteiger partial charge >= 0.3 is 5.97 Å². The lowest BCUT2D eigenvalue weighted by molar-refractivity contribution is -0.140. The van der Waals surface area contributed by atoms with Gasteiger partial charge in [-0.3, -0.25) is 4.79 Å². The summed E-state index contributed by atoms with van der Waals surface area (Å²) in [7, 11) is 0. The molecule has 0 bridgehead atoms. The van der Waals surface area contributed by atoms with Crippen LogP contribution >= 0.6 is 39.0 Å². The van der Waals surface area contributed by atoms with Crippen LogP contribution in [0.5, 0.6) is 0 Å². The molecule has 1 unspecified atom stereocenters. The standard InChI is InChI=1S/C9H11BrO2S2/c1-6(9(11)12)3-13-4-7-2-8(10)14-5-7/h2,5-6H,3-4H2,1H3,(H,11,12). The molecule has 0 aliphatic heterocycles. The van der Waals surface area contributed by atoms with Gasteiger partial charge in [-0.25, -0.2) is 0 Å². The van der Waals surface area contributed by atoms with E-state index in [1.165, 1.54) is 5.56 Å². The molecule has 0 radical (unpaired) electrons. The second-order valence-corrected chi connectivity index (χ2v) is 6.33. The summed E-state index contributed by atoms with van der Waals surface area (Å²) in [6.07, 6.45) is 0. The normalized spacial score (nSPS) is 12.7. The van der Waals surface area contributed by atoms with E-state index in [-0.39, 0.29) is 5.92 Å². The van der Waals surface area contributed by atoms with Crippen LogP contribution in [0.3, 0.4) is 0 Å². The molecule has 0 aliphatic carbocycles. The van der Waals surface area contributed by atoms with Gasteiger partial charge in [-0.2, -0.15) is 11.8 Å². The van der Waals surface area contributed by atoms with Crippen molar-refractivity contribution in [3.63, 3.8) is 0 Å². The summed E-state index contributed by atoms with van der Waals surface area (Å²) in [5, 5.41) is 10.8. The van der Waals surface area contributed by atoms with Gasteiger partial charge in [-0.1, -0.05) is 6.92 Å². The van der Waals surface area contributed by atoms with E-state index >= 15 is 0 Å². The molecule has 2 nitrogen and oxygen atoms in total. The van der Waals surface area contributed by atoms with Crippen molar-refractivity contribution in [2.75, 3.05) is 5.75 Å². The third kappa shape index (κ3) is 4.02. The molecule has 1 heterocycles. The van der Waals surface area contributed by atoms with Crippen molar-refractivity contribution in [3.05, 3.63) is 20.8 Å². The van der Waals surface area contributed by atoms with E-state index in [0.29, 0.717) is 5.75 Å². The Labute approximate surface area is 99.8 Å². The highest BCUT2D eigenvalue weighted by molar-refractivity contribution is 9.11. The average Bonchev–Trinajstić information content (AvgIpc) is 2.51. The highest BCUT2D eigenvalue weighted by Crippen LogP contribution is 2.24. The monoisotopic (exact) mass is 294 g/mol. The number of hydrogen-bond donors (Lipinski definition) is 1. The number of carboxylic acid groups (broad SMARTS) is 1. The van der Waals surface area contributed by atoms with E-state index in [1.807, 2.05) is 0 Å². The average molecular weight is 295 g/mol. The third-order valence-corrected chi connectivity index (χ3v) is 4.51. The fraction of sp³-hybridized carbons (Fsp3) is 0.444. The van der Waals surface area contributed by atoms with E-state index < -0.39 is 5.97 Å². The number of thiophene rings is 1. The molecule has 0 spiro atoms. The first-order valence-corrected chi connectivity index (χ1v) is 6.96. The third-order valence-electron chi connectivity index (χ3n) is 1.68. The van der Waals surface area contributed by atoms with Crippen molar-refractivity contribution in [1.82, 2.24) is 0 Å². The highest BCUT2D eigenvalue weighted by atomic mass is 79.9. The molecule has 0 aliphatic rings. The van der Waals surface area contributed by atoms with Gasteiger partial charge in [0.2, 0.25) is 0 Å². The number of aliphatic carboxylic acids is 1. The summed E-state index contributed by atoms with van der Waals surface area (Å²) in [6, 6.07) is 2.07. The van der Waals surface area contributed by atoms with Gasteiger partial charge in [0, 0.05) is 11.5 Å². The van der Waals surface area contributed by atoms with E-state index in [0.717, 1.165) is 9.54 Å². The zero-order valence-electron chi connectivity index (χ0n) is 7.70. The minimum Gasteiger partial charge on any atom is -0.481 e. The van der Waals surface area contributed by atoms with Gasteiger partial charge in [0.1, 0.15) is 0 Å². The van der Waals surface area contributed by atoms with Gasteiger partial charge in [0.25, 0.3) is 0 Å². The fourth-order valence-electron chi connectivity index (χ4n) is 0.846. The molecule has 5 heteroatoms. The van der Waals surface area contributed by atoms with Crippen LogP contribution in [0.2, 0.25) is 0 Å². The van der Waals surface area contributed by atoms with Crippen LogP contribution in [0.1, 0.15) is 12.5 Å². The molecule has 1 N–H and O–H groups in total. The Morgan fingerprint density at radius 3 is 3.00 bits per heavy atom. The molecule has 0 fully saturated rings. The first kappa shape index (κ1) is 12.1. The van der Waals surface area contributed by atoms with Crippen LogP contribution in [0.15, 0.2) is 15.2 Å². The summed E-state index contributed by atoms with van der Waals surface area (Å²) < 4.78 is 1.12. The van der Waals surface area contributed by atoms with Crippen LogP contribution in [-0.4, -0.2) is 16.8 Å². The Bertz CT molecular complexity index is 312. The lowest BCUT2D eigenvalue weighted by atomic mass is 10.2. The summed E-state index contributed by atoms with van der Waals surface area (Å²) >= 11 is 6.71. The number of thioether (sulfide) groups is 1. The van der Waals surface area contributed by atoms with Crippen molar-refractivity contribution < 1.29 is 9.90 Å². The van der Waals surface area contributed by atoms with Crippen LogP contribution in [0.25, 0.3) is 0 Å². The van der Waals surface area contributed by atoms with Crippen LogP contribution < -0.4 is 0 Å². The first-order valence-electron chi connectivity index (χ1n) is 4.13. The molecule has 0 saturated heterocycles. The minimum atomic E-state index is -0.719.